The van der Waals surface area contributed by atoms with Gasteiger partial charge in [-0.3, -0.25) is 0 Å². The minimum atomic E-state index is 0.0212. The monoisotopic (exact) mass is 268 g/mol. The summed E-state index contributed by atoms with van der Waals surface area (Å²) in [5.74, 6) is 0.590. The molecule has 1 aromatic heterocycles. The van der Waals surface area contributed by atoms with Gasteiger partial charge in [0.1, 0.15) is 0 Å². The molecule has 0 spiro atoms. The molecule has 1 aromatic rings. The third-order valence-electron chi connectivity index (χ3n) is 3.31. The molecule has 1 unspecified atom stereocenters. The van der Waals surface area contributed by atoms with E-state index in [2.05, 4.69) is 36.3 Å². The van der Waals surface area contributed by atoms with Gasteiger partial charge in [0, 0.05) is 12.1 Å². The van der Waals surface area contributed by atoms with Crippen molar-refractivity contribution in [3.05, 3.63) is 5.89 Å². The standard InChI is InChI=1S/C13H24N4O2/c1-13(2,3)14-8-11-15-16-12(19-11)17-7-5-4-6-10(17)9-18/h10,14,18H,4-9H2,1-3H3. The average Bonchev–Trinajstić information content (AvgIpc) is 2.84. The topological polar surface area (TPSA) is 74.4 Å². The molecule has 2 heterocycles. The third kappa shape index (κ3) is 3.91. The molecule has 0 radical (unpaired) electrons. The normalized spacial score (nSPS) is 20.8. The SMILES string of the molecule is CC(C)(C)NCc1nnc(N2CCCCC2CO)o1. The summed E-state index contributed by atoms with van der Waals surface area (Å²) in [5.41, 5.74) is 0.0212. The highest BCUT2D eigenvalue weighted by Crippen LogP contribution is 2.23. The van der Waals surface area contributed by atoms with Crippen LogP contribution < -0.4 is 10.2 Å². The van der Waals surface area contributed by atoms with E-state index in [0.717, 1.165) is 25.8 Å². The third-order valence-corrected chi connectivity index (χ3v) is 3.31. The number of hydrogen-bond acceptors (Lipinski definition) is 6. The Labute approximate surface area is 114 Å². The molecule has 1 atom stereocenters. The Morgan fingerprint density at radius 2 is 2.16 bits per heavy atom. The van der Waals surface area contributed by atoms with Crippen molar-refractivity contribution in [2.45, 2.75) is 58.2 Å². The van der Waals surface area contributed by atoms with Gasteiger partial charge in [0.2, 0.25) is 5.89 Å². The van der Waals surface area contributed by atoms with Crippen LogP contribution in [-0.4, -0.2) is 40.0 Å². The van der Waals surface area contributed by atoms with Crippen LogP contribution in [0.4, 0.5) is 6.01 Å². The Morgan fingerprint density at radius 3 is 2.84 bits per heavy atom. The summed E-state index contributed by atoms with van der Waals surface area (Å²) in [6, 6.07) is 0.641. The van der Waals surface area contributed by atoms with Crippen LogP contribution in [-0.2, 0) is 6.54 Å². The van der Waals surface area contributed by atoms with Crippen LogP contribution in [0.25, 0.3) is 0 Å². The maximum Gasteiger partial charge on any atom is 0.318 e. The average molecular weight is 268 g/mol. The van der Waals surface area contributed by atoms with Crippen molar-refractivity contribution < 1.29 is 9.52 Å². The Hall–Kier alpha value is -1.14. The molecule has 1 aliphatic rings. The highest BCUT2D eigenvalue weighted by Gasteiger charge is 2.26. The number of rotatable bonds is 4. The van der Waals surface area contributed by atoms with Gasteiger partial charge >= 0.3 is 6.01 Å². The summed E-state index contributed by atoms with van der Waals surface area (Å²) in [6.45, 7) is 7.86. The maximum absolute atomic E-state index is 9.40. The first-order valence-electron chi connectivity index (χ1n) is 6.94. The van der Waals surface area contributed by atoms with E-state index >= 15 is 0 Å². The van der Waals surface area contributed by atoms with E-state index in [1.807, 2.05) is 4.90 Å². The molecular weight excluding hydrogens is 244 g/mol. The zero-order chi connectivity index (χ0) is 13.9. The molecule has 0 bridgehead atoms. The molecule has 0 aliphatic carbocycles. The second-order valence-corrected chi connectivity index (χ2v) is 6.11. The molecule has 1 saturated heterocycles. The fraction of sp³-hybridized carbons (Fsp3) is 0.846. The molecular formula is C13H24N4O2. The van der Waals surface area contributed by atoms with E-state index in [-0.39, 0.29) is 18.2 Å². The van der Waals surface area contributed by atoms with Crippen LogP contribution in [0.1, 0.15) is 45.9 Å². The Balaban J connectivity index is 1.99. The lowest BCUT2D eigenvalue weighted by Gasteiger charge is -2.32. The fourth-order valence-corrected chi connectivity index (χ4v) is 2.22. The van der Waals surface area contributed by atoms with Gasteiger partial charge in [0.05, 0.1) is 19.2 Å². The van der Waals surface area contributed by atoms with Crippen LogP contribution >= 0.6 is 0 Å². The predicted octanol–water partition coefficient (Wildman–Crippen LogP) is 1.31. The molecule has 1 aliphatic heterocycles. The first-order valence-corrected chi connectivity index (χ1v) is 6.94. The molecule has 0 amide bonds. The van der Waals surface area contributed by atoms with Gasteiger partial charge in [-0.05, 0) is 40.0 Å². The van der Waals surface area contributed by atoms with Crippen molar-refractivity contribution >= 4 is 6.01 Å². The Kier molecular flexibility index (Phi) is 4.42. The first kappa shape index (κ1) is 14.3. The zero-order valence-electron chi connectivity index (χ0n) is 12.0. The number of aromatic nitrogens is 2. The van der Waals surface area contributed by atoms with E-state index in [1.54, 1.807) is 0 Å². The first-order chi connectivity index (χ1) is 8.99. The minimum absolute atomic E-state index is 0.0212. The maximum atomic E-state index is 9.40. The van der Waals surface area contributed by atoms with Crippen LogP contribution in [0, 0.1) is 0 Å². The van der Waals surface area contributed by atoms with Gasteiger partial charge < -0.3 is 19.7 Å². The van der Waals surface area contributed by atoms with Crippen molar-refractivity contribution in [3.63, 3.8) is 0 Å². The van der Waals surface area contributed by atoms with Crippen molar-refractivity contribution in [1.29, 1.82) is 0 Å². The van der Waals surface area contributed by atoms with Crippen LogP contribution in [0.5, 0.6) is 0 Å². The molecule has 2 N–H and O–H groups in total. The second kappa shape index (κ2) is 5.88. The van der Waals surface area contributed by atoms with E-state index < -0.39 is 0 Å². The summed E-state index contributed by atoms with van der Waals surface area (Å²) in [4.78, 5) is 2.02. The summed E-state index contributed by atoms with van der Waals surface area (Å²) < 4.78 is 5.68. The van der Waals surface area contributed by atoms with Crippen molar-refractivity contribution in [1.82, 2.24) is 15.5 Å². The number of aliphatic hydroxyl groups excluding tert-OH is 1. The predicted molar refractivity (Wildman–Crippen MR) is 73.0 cm³/mol. The lowest BCUT2D eigenvalue weighted by atomic mass is 10.0. The second-order valence-electron chi connectivity index (χ2n) is 6.11. The number of hydrogen-bond donors (Lipinski definition) is 2. The van der Waals surface area contributed by atoms with Crippen molar-refractivity contribution in [2.24, 2.45) is 0 Å². The molecule has 2 rings (SSSR count). The highest BCUT2D eigenvalue weighted by atomic mass is 16.4. The fourth-order valence-electron chi connectivity index (χ4n) is 2.22. The van der Waals surface area contributed by atoms with E-state index in [9.17, 15) is 5.11 Å². The Morgan fingerprint density at radius 1 is 1.37 bits per heavy atom. The largest absolute Gasteiger partial charge is 0.407 e. The molecule has 1 fully saturated rings. The van der Waals surface area contributed by atoms with E-state index in [1.165, 1.54) is 0 Å². The number of anilines is 1. The number of aliphatic hydroxyl groups is 1. The van der Waals surface area contributed by atoms with Gasteiger partial charge in [-0.25, -0.2) is 0 Å². The van der Waals surface area contributed by atoms with E-state index in [4.69, 9.17) is 4.42 Å². The van der Waals surface area contributed by atoms with Crippen molar-refractivity contribution in [2.75, 3.05) is 18.1 Å². The summed E-state index contributed by atoms with van der Waals surface area (Å²) in [5, 5.41) is 20.9. The number of nitrogens with zero attached hydrogens (tertiary/aromatic N) is 3. The lowest BCUT2D eigenvalue weighted by molar-refractivity contribution is 0.234. The number of nitrogens with one attached hydrogen (secondary N) is 1. The quantitative estimate of drug-likeness (QED) is 0.857. The number of piperidine rings is 1. The summed E-state index contributed by atoms with van der Waals surface area (Å²) >= 11 is 0. The smallest absolute Gasteiger partial charge is 0.318 e. The van der Waals surface area contributed by atoms with Gasteiger partial charge in [-0.15, -0.1) is 5.10 Å². The Bertz CT molecular complexity index is 400. The molecule has 0 saturated carbocycles. The van der Waals surface area contributed by atoms with Crippen LogP contribution in [0.3, 0.4) is 0 Å². The minimum Gasteiger partial charge on any atom is -0.407 e. The lowest BCUT2D eigenvalue weighted by Crippen LogP contribution is -2.42. The van der Waals surface area contributed by atoms with Gasteiger partial charge in [-0.1, -0.05) is 5.10 Å². The summed E-state index contributed by atoms with van der Waals surface area (Å²) in [7, 11) is 0. The molecule has 19 heavy (non-hydrogen) atoms. The van der Waals surface area contributed by atoms with Crippen LogP contribution in [0.2, 0.25) is 0 Å². The van der Waals surface area contributed by atoms with Gasteiger partial charge in [0.25, 0.3) is 0 Å². The van der Waals surface area contributed by atoms with Gasteiger partial charge in [0.15, 0.2) is 0 Å². The van der Waals surface area contributed by atoms with Crippen molar-refractivity contribution in [3.8, 4) is 0 Å². The van der Waals surface area contributed by atoms with Crippen LogP contribution in [0.15, 0.2) is 4.42 Å². The molecule has 6 heteroatoms. The zero-order valence-corrected chi connectivity index (χ0v) is 12.0. The highest BCUT2D eigenvalue weighted by molar-refractivity contribution is 5.27. The van der Waals surface area contributed by atoms with Gasteiger partial charge in [-0.2, -0.15) is 0 Å². The summed E-state index contributed by atoms with van der Waals surface area (Å²) in [6.07, 6.45) is 3.23. The molecule has 6 nitrogen and oxygen atoms in total. The molecule has 108 valence electrons. The molecule has 0 aromatic carbocycles. The van der Waals surface area contributed by atoms with E-state index in [0.29, 0.717) is 18.5 Å².